The van der Waals surface area contributed by atoms with Crippen molar-refractivity contribution in [3.63, 3.8) is 0 Å². The number of nitrogens with one attached hydrogen (secondary N) is 2. The van der Waals surface area contributed by atoms with Crippen molar-refractivity contribution >= 4 is 44.1 Å². The van der Waals surface area contributed by atoms with Gasteiger partial charge in [0, 0.05) is 30.0 Å². The Morgan fingerprint density at radius 1 is 1.29 bits per heavy atom. The highest BCUT2D eigenvalue weighted by molar-refractivity contribution is 9.10. The Balaban J connectivity index is 0.00000220. The molecule has 2 N–H and O–H groups in total. The number of benzene rings is 1. The minimum absolute atomic E-state index is 0. The van der Waals surface area contributed by atoms with Gasteiger partial charge in [0.1, 0.15) is 5.75 Å². The fraction of sp³-hybridized carbons (Fsp3) is 0.462. The van der Waals surface area contributed by atoms with E-state index in [1.165, 1.54) is 0 Å². The van der Waals surface area contributed by atoms with Crippen LogP contribution in [-0.2, 0) is 20.4 Å². The molecule has 2 rings (SSSR count). The SMILES string of the molecule is Cl.O=C(CS(=O)(=O)Cc1ccc(Br)cc1)NCC1CNC1. The van der Waals surface area contributed by atoms with E-state index >= 15 is 0 Å². The highest BCUT2D eigenvalue weighted by atomic mass is 79.9. The summed E-state index contributed by atoms with van der Waals surface area (Å²) in [6, 6.07) is 7.04. The lowest BCUT2D eigenvalue weighted by atomic mass is 10.0. The molecule has 8 heteroatoms. The summed E-state index contributed by atoms with van der Waals surface area (Å²) in [6.07, 6.45) is 0. The number of halogens is 2. The monoisotopic (exact) mass is 396 g/mol. The average Bonchev–Trinajstić information content (AvgIpc) is 2.29. The smallest absolute Gasteiger partial charge is 0.235 e. The molecule has 1 aromatic rings. The van der Waals surface area contributed by atoms with Crippen LogP contribution in [0.2, 0.25) is 0 Å². The molecule has 1 aliphatic heterocycles. The van der Waals surface area contributed by atoms with Gasteiger partial charge < -0.3 is 10.6 Å². The number of sulfone groups is 1. The van der Waals surface area contributed by atoms with Gasteiger partial charge in [-0.05, 0) is 17.7 Å². The fourth-order valence-corrected chi connectivity index (χ4v) is 3.46. The van der Waals surface area contributed by atoms with Crippen LogP contribution in [0.3, 0.4) is 0 Å². The normalized spacial score (nSPS) is 14.9. The maximum Gasteiger partial charge on any atom is 0.235 e. The van der Waals surface area contributed by atoms with Gasteiger partial charge in [0.2, 0.25) is 5.91 Å². The number of hydrogen-bond donors (Lipinski definition) is 2. The lowest BCUT2D eigenvalue weighted by Gasteiger charge is -2.27. The van der Waals surface area contributed by atoms with Gasteiger partial charge in [0.15, 0.2) is 9.84 Å². The molecular formula is C13H18BrClN2O3S. The number of amides is 1. The van der Waals surface area contributed by atoms with Crippen molar-refractivity contribution in [3.8, 4) is 0 Å². The zero-order valence-corrected chi connectivity index (χ0v) is 14.6. The molecule has 1 heterocycles. The number of hydrogen-bond acceptors (Lipinski definition) is 4. The van der Waals surface area contributed by atoms with Crippen molar-refractivity contribution in [1.82, 2.24) is 10.6 Å². The Labute approximate surface area is 139 Å². The third-order valence-corrected chi connectivity index (χ3v) is 5.11. The van der Waals surface area contributed by atoms with E-state index < -0.39 is 21.5 Å². The predicted molar refractivity (Wildman–Crippen MR) is 88.3 cm³/mol. The van der Waals surface area contributed by atoms with Crippen molar-refractivity contribution in [2.75, 3.05) is 25.4 Å². The molecule has 0 unspecified atom stereocenters. The molecule has 118 valence electrons. The van der Waals surface area contributed by atoms with Crippen LogP contribution in [0.25, 0.3) is 0 Å². The first-order valence-electron chi connectivity index (χ1n) is 6.37. The maximum absolute atomic E-state index is 11.9. The van der Waals surface area contributed by atoms with E-state index in [1.807, 2.05) is 0 Å². The third-order valence-electron chi connectivity index (χ3n) is 3.10. The van der Waals surface area contributed by atoms with Gasteiger partial charge in [0.25, 0.3) is 0 Å². The van der Waals surface area contributed by atoms with Gasteiger partial charge in [0.05, 0.1) is 5.75 Å². The first kappa shape index (κ1) is 18.4. The summed E-state index contributed by atoms with van der Waals surface area (Å²) < 4.78 is 24.8. The molecule has 1 saturated heterocycles. The van der Waals surface area contributed by atoms with Crippen LogP contribution in [0.5, 0.6) is 0 Å². The molecule has 0 atom stereocenters. The molecule has 0 aromatic heterocycles. The van der Waals surface area contributed by atoms with Crippen LogP contribution < -0.4 is 10.6 Å². The lowest BCUT2D eigenvalue weighted by molar-refractivity contribution is -0.118. The molecule has 5 nitrogen and oxygen atoms in total. The van der Waals surface area contributed by atoms with Crippen LogP contribution in [0.4, 0.5) is 0 Å². The van der Waals surface area contributed by atoms with Crippen molar-refractivity contribution < 1.29 is 13.2 Å². The van der Waals surface area contributed by atoms with Crippen molar-refractivity contribution in [1.29, 1.82) is 0 Å². The fourth-order valence-electron chi connectivity index (χ4n) is 1.89. The molecular weight excluding hydrogens is 380 g/mol. The van der Waals surface area contributed by atoms with Crippen molar-refractivity contribution in [3.05, 3.63) is 34.3 Å². The summed E-state index contributed by atoms with van der Waals surface area (Å²) in [4.78, 5) is 11.6. The second-order valence-electron chi connectivity index (χ2n) is 4.99. The number of carbonyl (C=O) groups excluding carboxylic acids is 1. The lowest BCUT2D eigenvalue weighted by Crippen LogP contribution is -2.48. The van der Waals surface area contributed by atoms with Gasteiger partial charge in [-0.15, -0.1) is 12.4 Å². The van der Waals surface area contributed by atoms with E-state index in [0.717, 1.165) is 17.6 Å². The van der Waals surface area contributed by atoms with Crippen LogP contribution >= 0.6 is 28.3 Å². The summed E-state index contributed by atoms with van der Waals surface area (Å²) in [7, 11) is -3.43. The molecule has 0 spiro atoms. The first-order chi connectivity index (χ1) is 9.44. The van der Waals surface area contributed by atoms with Gasteiger partial charge in [-0.2, -0.15) is 0 Å². The number of carbonyl (C=O) groups is 1. The Morgan fingerprint density at radius 3 is 2.43 bits per heavy atom. The largest absolute Gasteiger partial charge is 0.355 e. The van der Waals surface area contributed by atoms with E-state index in [-0.39, 0.29) is 18.2 Å². The highest BCUT2D eigenvalue weighted by Gasteiger charge is 2.20. The van der Waals surface area contributed by atoms with E-state index in [2.05, 4.69) is 26.6 Å². The van der Waals surface area contributed by atoms with E-state index in [1.54, 1.807) is 24.3 Å². The topological polar surface area (TPSA) is 75.3 Å². The molecule has 1 fully saturated rings. The standard InChI is InChI=1S/C13H17BrN2O3S.ClH/c14-12-3-1-10(2-4-12)8-20(18,19)9-13(17)16-7-11-5-15-6-11;/h1-4,11,15H,5-9H2,(H,16,17);1H. The summed E-state index contributed by atoms with van der Waals surface area (Å²) >= 11 is 3.29. The quantitative estimate of drug-likeness (QED) is 0.754. The molecule has 0 radical (unpaired) electrons. The van der Waals surface area contributed by atoms with Gasteiger partial charge >= 0.3 is 0 Å². The predicted octanol–water partition coefficient (Wildman–Crippen LogP) is 1.12. The second-order valence-corrected chi connectivity index (χ2v) is 7.97. The van der Waals surface area contributed by atoms with Gasteiger partial charge in [-0.1, -0.05) is 28.1 Å². The van der Waals surface area contributed by atoms with E-state index in [0.29, 0.717) is 18.0 Å². The third kappa shape index (κ3) is 6.34. The zero-order valence-electron chi connectivity index (χ0n) is 11.3. The molecule has 21 heavy (non-hydrogen) atoms. The highest BCUT2D eigenvalue weighted by Crippen LogP contribution is 2.13. The summed E-state index contributed by atoms with van der Waals surface area (Å²) in [5.74, 6) is -0.566. The molecule has 1 amide bonds. The van der Waals surface area contributed by atoms with Crippen molar-refractivity contribution in [2.24, 2.45) is 5.92 Å². The van der Waals surface area contributed by atoms with Crippen LogP contribution in [0.15, 0.2) is 28.7 Å². The molecule has 0 saturated carbocycles. The second kappa shape index (κ2) is 8.12. The first-order valence-corrected chi connectivity index (χ1v) is 8.98. The van der Waals surface area contributed by atoms with Crippen LogP contribution in [0, 0.1) is 5.92 Å². The van der Waals surface area contributed by atoms with Crippen LogP contribution in [0.1, 0.15) is 5.56 Å². The van der Waals surface area contributed by atoms with E-state index in [9.17, 15) is 13.2 Å². The van der Waals surface area contributed by atoms with E-state index in [4.69, 9.17) is 0 Å². The molecule has 0 bridgehead atoms. The van der Waals surface area contributed by atoms with Gasteiger partial charge in [-0.3, -0.25) is 4.79 Å². The zero-order chi connectivity index (χ0) is 14.6. The average molecular weight is 398 g/mol. The summed E-state index contributed by atoms with van der Waals surface area (Å²) in [6.45, 7) is 2.30. The summed E-state index contributed by atoms with van der Waals surface area (Å²) in [5, 5.41) is 5.77. The van der Waals surface area contributed by atoms with Crippen LogP contribution in [-0.4, -0.2) is 39.7 Å². The minimum Gasteiger partial charge on any atom is -0.355 e. The Bertz CT molecular complexity index is 574. The van der Waals surface area contributed by atoms with Gasteiger partial charge in [-0.25, -0.2) is 8.42 Å². The number of rotatable bonds is 6. The summed E-state index contributed by atoms with van der Waals surface area (Å²) in [5.41, 5.74) is 0.684. The van der Waals surface area contributed by atoms with Crippen molar-refractivity contribution in [2.45, 2.75) is 5.75 Å². The molecule has 1 aliphatic rings. The Morgan fingerprint density at radius 2 is 1.90 bits per heavy atom. The Kier molecular flexibility index (Phi) is 7.12. The molecule has 1 aromatic carbocycles. The minimum atomic E-state index is -3.43. The Hall–Kier alpha value is -0.630. The maximum atomic E-state index is 11.9. The molecule has 0 aliphatic carbocycles.